The van der Waals surface area contributed by atoms with Gasteiger partial charge < -0.3 is 18.8 Å². The second-order valence-corrected chi connectivity index (χ2v) is 7.27. The molecule has 0 aliphatic carbocycles. The fourth-order valence-electron chi connectivity index (χ4n) is 4.27. The van der Waals surface area contributed by atoms with Crippen LogP contribution in [0.5, 0.6) is 17.2 Å². The molecule has 0 spiro atoms. The highest BCUT2D eigenvalue weighted by molar-refractivity contribution is 5.46. The molecular formula is C24H28N2O3. The van der Waals surface area contributed by atoms with E-state index in [2.05, 4.69) is 46.0 Å². The standard InChI is InChI=1S/C24H28N2O3/c1-27-19-11-12-23(29-3)20(16-19)24-21-9-6-13-25(21)14-7-15-26(24)17-18-8-4-5-10-22(18)28-2/h4-6,8-13,16,24H,7,14-15,17H2,1-3H3/t24-/m1/s1. The third-order valence-corrected chi connectivity index (χ3v) is 5.65. The van der Waals surface area contributed by atoms with Gasteiger partial charge in [0.05, 0.1) is 27.4 Å². The quantitative estimate of drug-likeness (QED) is 0.618. The monoisotopic (exact) mass is 392 g/mol. The number of ether oxygens (including phenoxy) is 3. The molecule has 0 bridgehead atoms. The molecular weight excluding hydrogens is 364 g/mol. The van der Waals surface area contributed by atoms with E-state index in [1.165, 1.54) is 11.3 Å². The maximum Gasteiger partial charge on any atom is 0.124 e. The zero-order chi connectivity index (χ0) is 20.2. The van der Waals surface area contributed by atoms with Gasteiger partial charge in [0.25, 0.3) is 0 Å². The minimum atomic E-state index is 0.0578. The average molecular weight is 392 g/mol. The summed E-state index contributed by atoms with van der Waals surface area (Å²) in [5, 5.41) is 0. The summed E-state index contributed by atoms with van der Waals surface area (Å²) in [5.41, 5.74) is 3.56. The van der Waals surface area contributed by atoms with Gasteiger partial charge in [-0.15, -0.1) is 0 Å². The van der Waals surface area contributed by atoms with Crippen LogP contribution in [-0.2, 0) is 13.1 Å². The molecule has 1 aliphatic rings. The van der Waals surface area contributed by atoms with Gasteiger partial charge in [-0.1, -0.05) is 18.2 Å². The number of methoxy groups -OCH3 is 3. The van der Waals surface area contributed by atoms with E-state index in [9.17, 15) is 0 Å². The molecule has 3 aromatic rings. The lowest BCUT2D eigenvalue weighted by Gasteiger charge is -2.32. The van der Waals surface area contributed by atoms with Gasteiger partial charge in [-0.3, -0.25) is 4.90 Å². The first-order valence-corrected chi connectivity index (χ1v) is 9.98. The van der Waals surface area contributed by atoms with Crippen molar-refractivity contribution in [3.8, 4) is 17.2 Å². The van der Waals surface area contributed by atoms with Gasteiger partial charge in [-0.05, 0) is 42.8 Å². The van der Waals surface area contributed by atoms with Crippen molar-refractivity contribution in [2.24, 2.45) is 0 Å². The van der Waals surface area contributed by atoms with Crippen LogP contribution in [0.15, 0.2) is 60.8 Å². The van der Waals surface area contributed by atoms with Gasteiger partial charge in [-0.25, -0.2) is 0 Å². The predicted molar refractivity (Wildman–Crippen MR) is 114 cm³/mol. The minimum Gasteiger partial charge on any atom is -0.497 e. The number of aromatic nitrogens is 1. The van der Waals surface area contributed by atoms with E-state index in [0.29, 0.717) is 0 Å². The molecule has 1 aliphatic heterocycles. The summed E-state index contributed by atoms with van der Waals surface area (Å²) < 4.78 is 19.3. The first-order chi connectivity index (χ1) is 14.2. The van der Waals surface area contributed by atoms with Crippen molar-refractivity contribution >= 4 is 0 Å². The molecule has 0 N–H and O–H groups in total. The van der Waals surface area contributed by atoms with E-state index in [0.717, 1.165) is 48.9 Å². The minimum absolute atomic E-state index is 0.0578. The molecule has 5 nitrogen and oxygen atoms in total. The third kappa shape index (κ3) is 3.83. The van der Waals surface area contributed by atoms with Crippen LogP contribution >= 0.6 is 0 Å². The highest BCUT2D eigenvalue weighted by Gasteiger charge is 2.30. The van der Waals surface area contributed by atoms with Crippen molar-refractivity contribution in [3.05, 3.63) is 77.6 Å². The molecule has 5 heteroatoms. The summed E-state index contributed by atoms with van der Waals surface area (Å²) in [4.78, 5) is 2.51. The van der Waals surface area contributed by atoms with Crippen molar-refractivity contribution in [2.45, 2.75) is 25.6 Å². The largest absolute Gasteiger partial charge is 0.497 e. The van der Waals surface area contributed by atoms with Crippen LogP contribution in [0.25, 0.3) is 0 Å². The van der Waals surface area contributed by atoms with Crippen LogP contribution in [0.4, 0.5) is 0 Å². The fraction of sp³-hybridized carbons (Fsp3) is 0.333. The Balaban J connectivity index is 1.82. The Morgan fingerprint density at radius 1 is 0.862 bits per heavy atom. The van der Waals surface area contributed by atoms with Gasteiger partial charge >= 0.3 is 0 Å². The smallest absolute Gasteiger partial charge is 0.124 e. The zero-order valence-electron chi connectivity index (χ0n) is 17.3. The maximum atomic E-state index is 5.76. The molecule has 152 valence electrons. The summed E-state index contributed by atoms with van der Waals surface area (Å²) >= 11 is 0. The van der Waals surface area contributed by atoms with Crippen molar-refractivity contribution in [2.75, 3.05) is 27.9 Å². The van der Waals surface area contributed by atoms with Crippen LogP contribution in [0.3, 0.4) is 0 Å². The number of hydrogen-bond donors (Lipinski definition) is 0. The molecule has 2 heterocycles. The van der Waals surface area contributed by atoms with Crippen LogP contribution < -0.4 is 14.2 Å². The molecule has 1 atom stereocenters. The lowest BCUT2D eigenvalue weighted by molar-refractivity contribution is 0.213. The number of rotatable bonds is 6. The van der Waals surface area contributed by atoms with Gasteiger partial charge in [0.2, 0.25) is 0 Å². The van der Waals surface area contributed by atoms with Crippen LogP contribution in [0.1, 0.15) is 29.3 Å². The highest BCUT2D eigenvalue weighted by atomic mass is 16.5. The number of aryl methyl sites for hydroxylation is 1. The fourth-order valence-corrected chi connectivity index (χ4v) is 4.27. The average Bonchev–Trinajstić information content (AvgIpc) is 3.15. The number of fused-ring (bicyclic) bond motifs is 1. The van der Waals surface area contributed by atoms with Crippen LogP contribution in [0, 0.1) is 0 Å². The Morgan fingerprint density at radius 2 is 1.69 bits per heavy atom. The third-order valence-electron chi connectivity index (χ3n) is 5.65. The van der Waals surface area contributed by atoms with Gasteiger partial charge in [-0.2, -0.15) is 0 Å². The Bertz CT molecular complexity index is 966. The summed E-state index contributed by atoms with van der Waals surface area (Å²) in [6.07, 6.45) is 3.25. The second kappa shape index (κ2) is 8.62. The van der Waals surface area contributed by atoms with Crippen LogP contribution in [0.2, 0.25) is 0 Å². The van der Waals surface area contributed by atoms with Gasteiger partial charge in [0.1, 0.15) is 17.2 Å². The van der Waals surface area contributed by atoms with E-state index < -0.39 is 0 Å². The topological polar surface area (TPSA) is 35.9 Å². The Kier molecular flexibility index (Phi) is 5.76. The van der Waals surface area contributed by atoms with Crippen LogP contribution in [-0.4, -0.2) is 37.3 Å². The first kappa shape index (κ1) is 19.4. The highest BCUT2D eigenvalue weighted by Crippen LogP contribution is 2.40. The number of benzene rings is 2. The molecule has 2 aromatic carbocycles. The van der Waals surface area contributed by atoms with E-state index in [-0.39, 0.29) is 6.04 Å². The molecule has 29 heavy (non-hydrogen) atoms. The molecule has 0 radical (unpaired) electrons. The summed E-state index contributed by atoms with van der Waals surface area (Å²) in [6, 6.07) is 18.7. The number of hydrogen-bond acceptors (Lipinski definition) is 4. The first-order valence-electron chi connectivity index (χ1n) is 9.98. The normalized spacial score (nSPS) is 16.7. The summed E-state index contributed by atoms with van der Waals surface area (Å²) in [6.45, 7) is 2.78. The zero-order valence-corrected chi connectivity index (χ0v) is 17.3. The van der Waals surface area contributed by atoms with Crippen molar-refractivity contribution in [3.63, 3.8) is 0 Å². The Labute approximate surface area is 172 Å². The number of nitrogens with zero attached hydrogens (tertiary/aromatic N) is 2. The lowest BCUT2D eigenvalue weighted by atomic mass is 9.99. The summed E-state index contributed by atoms with van der Waals surface area (Å²) in [7, 11) is 5.16. The lowest BCUT2D eigenvalue weighted by Crippen LogP contribution is -2.30. The second-order valence-electron chi connectivity index (χ2n) is 7.27. The molecule has 0 saturated carbocycles. The van der Waals surface area contributed by atoms with E-state index in [1.807, 2.05) is 24.3 Å². The Morgan fingerprint density at radius 3 is 2.48 bits per heavy atom. The van der Waals surface area contributed by atoms with Gasteiger partial charge in [0.15, 0.2) is 0 Å². The van der Waals surface area contributed by atoms with E-state index in [4.69, 9.17) is 14.2 Å². The van der Waals surface area contributed by atoms with E-state index in [1.54, 1.807) is 21.3 Å². The van der Waals surface area contributed by atoms with Crippen molar-refractivity contribution < 1.29 is 14.2 Å². The molecule has 0 amide bonds. The van der Waals surface area contributed by atoms with Crippen molar-refractivity contribution in [1.29, 1.82) is 0 Å². The molecule has 4 rings (SSSR count). The summed E-state index contributed by atoms with van der Waals surface area (Å²) in [5.74, 6) is 2.62. The van der Waals surface area contributed by atoms with Crippen molar-refractivity contribution in [1.82, 2.24) is 9.47 Å². The molecule has 0 unspecified atom stereocenters. The molecule has 0 saturated heterocycles. The SMILES string of the molecule is COc1ccc(OC)c([C@@H]2c3cccn3CCCN2Cc2ccccc2OC)c1. The van der Waals surface area contributed by atoms with E-state index >= 15 is 0 Å². The predicted octanol–water partition coefficient (Wildman–Crippen LogP) is 4.51. The maximum absolute atomic E-state index is 5.76. The van der Waals surface area contributed by atoms with Gasteiger partial charge in [0, 0.05) is 42.7 Å². The Hall–Kier alpha value is -2.92. The molecule has 1 aromatic heterocycles. The molecule has 0 fully saturated rings. The number of para-hydroxylation sites is 1.